The van der Waals surface area contributed by atoms with Gasteiger partial charge in [0, 0.05) is 12.2 Å². The Balaban J connectivity index is 1.47. The smallest absolute Gasteiger partial charge is 0.257 e. The van der Waals surface area contributed by atoms with Crippen molar-refractivity contribution in [3.05, 3.63) is 59.9 Å². The summed E-state index contributed by atoms with van der Waals surface area (Å²) in [5.41, 5.74) is 1.26. The van der Waals surface area contributed by atoms with Crippen LogP contribution in [0.2, 0.25) is 0 Å². The molecule has 0 aromatic heterocycles. The predicted octanol–water partition coefficient (Wildman–Crippen LogP) is 2.45. The monoisotopic (exact) mass is 328 g/mol. The highest BCUT2D eigenvalue weighted by atomic mass is 19.1. The van der Waals surface area contributed by atoms with Crippen molar-refractivity contribution < 1.29 is 18.7 Å². The number of hydrogen-bond donors (Lipinski definition) is 2. The van der Waals surface area contributed by atoms with Gasteiger partial charge in [-0.05, 0) is 42.3 Å². The maximum absolute atomic E-state index is 13.3. The van der Waals surface area contributed by atoms with Crippen LogP contribution in [0, 0.1) is 5.82 Å². The number of anilines is 1. The molecule has 0 aliphatic carbocycles. The zero-order valence-electron chi connectivity index (χ0n) is 12.9. The third-order valence-electron chi connectivity index (χ3n) is 3.83. The van der Waals surface area contributed by atoms with Crippen molar-refractivity contribution in [1.29, 1.82) is 0 Å². The van der Waals surface area contributed by atoms with Gasteiger partial charge in [-0.25, -0.2) is 4.39 Å². The molecular weight excluding hydrogens is 311 g/mol. The molecule has 0 bridgehead atoms. The zero-order valence-corrected chi connectivity index (χ0v) is 12.9. The summed E-state index contributed by atoms with van der Waals surface area (Å²) in [6.45, 7) is 0.219. The summed E-state index contributed by atoms with van der Waals surface area (Å²) in [7, 11) is 0. The molecule has 2 aromatic carbocycles. The topological polar surface area (TPSA) is 67.4 Å². The number of hydrogen-bond acceptors (Lipinski definition) is 3. The van der Waals surface area contributed by atoms with E-state index in [2.05, 4.69) is 10.6 Å². The first-order valence-corrected chi connectivity index (χ1v) is 7.68. The van der Waals surface area contributed by atoms with Crippen LogP contribution >= 0.6 is 0 Å². The minimum atomic E-state index is -0.453. The van der Waals surface area contributed by atoms with Crippen LogP contribution in [0.15, 0.2) is 48.5 Å². The van der Waals surface area contributed by atoms with Gasteiger partial charge in [-0.2, -0.15) is 0 Å². The van der Waals surface area contributed by atoms with Crippen LogP contribution in [0.25, 0.3) is 0 Å². The molecule has 0 saturated heterocycles. The molecule has 124 valence electrons. The van der Waals surface area contributed by atoms with Crippen molar-refractivity contribution in [3.63, 3.8) is 0 Å². The van der Waals surface area contributed by atoms with E-state index in [1.54, 1.807) is 18.2 Å². The summed E-state index contributed by atoms with van der Waals surface area (Å²) in [6, 6.07) is 13.3. The molecular formula is C18H17FN2O3. The highest BCUT2D eigenvalue weighted by molar-refractivity contribution is 6.02. The number of para-hydroxylation sites is 1. The van der Waals surface area contributed by atoms with E-state index in [4.69, 9.17) is 4.74 Å². The Labute approximate surface area is 138 Å². The van der Waals surface area contributed by atoms with Gasteiger partial charge in [-0.15, -0.1) is 0 Å². The maximum atomic E-state index is 13.3. The minimum Gasteiger partial charge on any atom is -0.484 e. The van der Waals surface area contributed by atoms with Crippen LogP contribution in [0.3, 0.4) is 0 Å². The highest BCUT2D eigenvalue weighted by Gasteiger charge is 2.30. The van der Waals surface area contributed by atoms with Crippen molar-refractivity contribution >= 4 is 17.5 Å². The Kier molecular flexibility index (Phi) is 4.74. The summed E-state index contributed by atoms with van der Waals surface area (Å²) < 4.78 is 18.7. The summed E-state index contributed by atoms with van der Waals surface area (Å²) in [4.78, 5) is 23.7. The molecule has 2 amide bonds. The van der Waals surface area contributed by atoms with E-state index in [-0.39, 0.29) is 24.2 Å². The molecule has 5 nitrogen and oxygen atoms in total. The van der Waals surface area contributed by atoms with Gasteiger partial charge in [0.1, 0.15) is 11.6 Å². The van der Waals surface area contributed by atoms with E-state index in [1.807, 2.05) is 18.2 Å². The van der Waals surface area contributed by atoms with Gasteiger partial charge < -0.3 is 15.4 Å². The molecule has 1 unspecified atom stereocenters. The summed E-state index contributed by atoms with van der Waals surface area (Å²) in [6.07, 6.45) is 0.402. The highest BCUT2D eigenvalue weighted by Crippen LogP contribution is 2.34. The summed E-state index contributed by atoms with van der Waals surface area (Å²) in [5.74, 6) is -0.657. The van der Waals surface area contributed by atoms with Crippen molar-refractivity contribution in [1.82, 2.24) is 5.32 Å². The lowest BCUT2D eigenvalue weighted by Crippen LogP contribution is -2.31. The third kappa shape index (κ3) is 3.71. The standard InChI is InChI=1S/C18H17FN2O3/c19-12-6-7-16-15(10-12)14(18(23)21-16)8-9-20-17(22)11-24-13-4-2-1-3-5-13/h1-7,10,14H,8-9,11H2,(H,20,22)(H,21,23). The van der Waals surface area contributed by atoms with E-state index in [1.165, 1.54) is 12.1 Å². The second-order valence-corrected chi connectivity index (χ2v) is 5.51. The van der Waals surface area contributed by atoms with Crippen molar-refractivity contribution in [2.24, 2.45) is 0 Å². The molecule has 1 aliphatic rings. The van der Waals surface area contributed by atoms with Gasteiger partial charge in [0.05, 0.1) is 5.92 Å². The SMILES string of the molecule is O=C(COc1ccccc1)NCCC1C(=O)Nc2ccc(F)cc21. The van der Waals surface area contributed by atoms with Gasteiger partial charge in [-0.3, -0.25) is 9.59 Å². The van der Waals surface area contributed by atoms with Gasteiger partial charge >= 0.3 is 0 Å². The van der Waals surface area contributed by atoms with Crippen molar-refractivity contribution in [2.45, 2.75) is 12.3 Å². The zero-order chi connectivity index (χ0) is 16.9. The summed E-state index contributed by atoms with van der Waals surface area (Å²) >= 11 is 0. The number of carbonyl (C=O) groups excluding carboxylic acids is 2. The van der Waals surface area contributed by atoms with Crippen molar-refractivity contribution in [3.8, 4) is 5.75 Å². The molecule has 2 aromatic rings. The Morgan fingerprint density at radius 1 is 1.21 bits per heavy atom. The van der Waals surface area contributed by atoms with E-state index >= 15 is 0 Å². The van der Waals surface area contributed by atoms with Crippen LogP contribution < -0.4 is 15.4 Å². The fourth-order valence-electron chi connectivity index (χ4n) is 2.66. The van der Waals surface area contributed by atoms with Crippen LogP contribution in [0.1, 0.15) is 17.9 Å². The number of amides is 2. The lowest BCUT2D eigenvalue weighted by molar-refractivity contribution is -0.123. The molecule has 2 N–H and O–H groups in total. The van der Waals surface area contributed by atoms with Gasteiger partial charge in [0.25, 0.3) is 5.91 Å². The first-order chi connectivity index (χ1) is 11.6. The lowest BCUT2D eigenvalue weighted by Gasteiger charge is -2.10. The normalized spacial score (nSPS) is 15.5. The van der Waals surface area contributed by atoms with Crippen LogP contribution in [0.4, 0.5) is 10.1 Å². The third-order valence-corrected chi connectivity index (χ3v) is 3.83. The van der Waals surface area contributed by atoms with Gasteiger partial charge in [0.15, 0.2) is 6.61 Å². The first kappa shape index (κ1) is 16.0. The second-order valence-electron chi connectivity index (χ2n) is 5.51. The Bertz CT molecular complexity index is 749. The number of carbonyl (C=O) groups is 2. The molecule has 1 heterocycles. The number of halogens is 1. The molecule has 0 radical (unpaired) electrons. The predicted molar refractivity (Wildman–Crippen MR) is 87.3 cm³/mol. The van der Waals surface area contributed by atoms with Crippen LogP contribution in [-0.2, 0) is 9.59 Å². The lowest BCUT2D eigenvalue weighted by atomic mass is 9.97. The molecule has 3 rings (SSSR count). The maximum Gasteiger partial charge on any atom is 0.257 e. The number of benzene rings is 2. The van der Waals surface area contributed by atoms with Crippen molar-refractivity contribution in [2.75, 3.05) is 18.5 Å². The van der Waals surface area contributed by atoms with Gasteiger partial charge in [0.2, 0.25) is 5.91 Å². The van der Waals surface area contributed by atoms with Gasteiger partial charge in [-0.1, -0.05) is 18.2 Å². The number of rotatable bonds is 6. The average Bonchev–Trinajstić information content (AvgIpc) is 2.89. The molecule has 0 spiro atoms. The largest absolute Gasteiger partial charge is 0.484 e. The second kappa shape index (κ2) is 7.12. The Morgan fingerprint density at radius 3 is 2.79 bits per heavy atom. The quantitative estimate of drug-likeness (QED) is 0.856. The Morgan fingerprint density at radius 2 is 2.00 bits per heavy atom. The number of fused-ring (bicyclic) bond motifs is 1. The molecule has 1 atom stereocenters. The fraction of sp³-hybridized carbons (Fsp3) is 0.222. The van der Waals surface area contributed by atoms with E-state index in [9.17, 15) is 14.0 Å². The minimum absolute atomic E-state index is 0.0912. The Hall–Kier alpha value is -2.89. The van der Waals surface area contributed by atoms with Crippen LogP contribution in [-0.4, -0.2) is 25.0 Å². The van der Waals surface area contributed by atoms with Crippen LogP contribution in [0.5, 0.6) is 5.75 Å². The number of nitrogens with one attached hydrogen (secondary N) is 2. The summed E-state index contributed by atoms with van der Waals surface area (Å²) in [5, 5.41) is 5.42. The first-order valence-electron chi connectivity index (χ1n) is 7.68. The fourth-order valence-corrected chi connectivity index (χ4v) is 2.66. The molecule has 0 saturated carbocycles. The van der Waals surface area contributed by atoms with E-state index in [0.29, 0.717) is 30.0 Å². The average molecular weight is 328 g/mol. The number of ether oxygens (including phenoxy) is 1. The molecule has 24 heavy (non-hydrogen) atoms. The molecule has 6 heteroatoms. The van der Waals surface area contributed by atoms with E-state index < -0.39 is 5.92 Å². The molecule has 1 aliphatic heterocycles. The van der Waals surface area contributed by atoms with E-state index in [0.717, 1.165) is 0 Å². The molecule has 0 fully saturated rings.